The monoisotopic (exact) mass is 302 g/mol. The Labute approximate surface area is 108 Å². The zero-order valence-electron chi connectivity index (χ0n) is 8.99. The molecule has 0 aliphatic heterocycles. The van der Waals surface area contributed by atoms with Crippen LogP contribution in [-0.2, 0) is 0 Å². The van der Waals surface area contributed by atoms with Crippen molar-refractivity contribution in [2.24, 2.45) is 5.92 Å². The standard InChI is InChI=1S/C11H15BrN2OS/c12-9-3-1-8(2-4-9)5-14-11(15)10-6-13-7-16-10/h6-9H,1-5H2,(H,14,15). The van der Waals surface area contributed by atoms with Gasteiger partial charge in [0.05, 0.1) is 11.7 Å². The fourth-order valence-corrected chi connectivity index (χ4v) is 3.04. The molecule has 1 aliphatic rings. The third-order valence-electron chi connectivity index (χ3n) is 2.98. The highest BCUT2D eigenvalue weighted by molar-refractivity contribution is 9.09. The second kappa shape index (κ2) is 5.77. The molecule has 0 saturated heterocycles. The van der Waals surface area contributed by atoms with Gasteiger partial charge in [-0.05, 0) is 31.6 Å². The van der Waals surface area contributed by atoms with Crippen molar-refractivity contribution < 1.29 is 4.79 Å². The normalized spacial score (nSPS) is 25.3. The van der Waals surface area contributed by atoms with Gasteiger partial charge in [-0.2, -0.15) is 0 Å². The molecule has 1 aliphatic carbocycles. The first-order chi connectivity index (χ1) is 7.75. The maximum atomic E-state index is 11.7. The van der Waals surface area contributed by atoms with Crippen molar-refractivity contribution >= 4 is 33.2 Å². The van der Waals surface area contributed by atoms with Crippen molar-refractivity contribution in [1.29, 1.82) is 0 Å². The third kappa shape index (κ3) is 3.28. The first-order valence-electron chi connectivity index (χ1n) is 5.56. The van der Waals surface area contributed by atoms with Crippen LogP contribution < -0.4 is 5.32 Å². The van der Waals surface area contributed by atoms with Gasteiger partial charge in [-0.1, -0.05) is 15.9 Å². The molecule has 0 bridgehead atoms. The molecule has 3 nitrogen and oxygen atoms in total. The van der Waals surface area contributed by atoms with Gasteiger partial charge in [0, 0.05) is 11.4 Å². The Morgan fingerprint density at radius 1 is 1.50 bits per heavy atom. The smallest absolute Gasteiger partial charge is 0.263 e. The van der Waals surface area contributed by atoms with Crippen molar-refractivity contribution in [3.8, 4) is 0 Å². The molecule has 1 saturated carbocycles. The van der Waals surface area contributed by atoms with E-state index >= 15 is 0 Å². The van der Waals surface area contributed by atoms with Crippen LogP contribution in [0, 0.1) is 5.92 Å². The summed E-state index contributed by atoms with van der Waals surface area (Å²) < 4.78 is 0. The van der Waals surface area contributed by atoms with Crippen molar-refractivity contribution in [1.82, 2.24) is 10.3 Å². The molecular weight excluding hydrogens is 288 g/mol. The first kappa shape index (κ1) is 12.0. The maximum absolute atomic E-state index is 11.7. The number of hydrogen-bond acceptors (Lipinski definition) is 3. The highest BCUT2D eigenvalue weighted by Gasteiger charge is 2.19. The highest BCUT2D eigenvalue weighted by atomic mass is 79.9. The molecule has 1 aromatic rings. The Kier molecular flexibility index (Phi) is 4.35. The highest BCUT2D eigenvalue weighted by Crippen LogP contribution is 2.28. The fraction of sp³-hybridized carbons (Fsp3) is 0.636. The van der Waals surface area contributed by atoms with Gasteiger partial charge in [0.15, 0.2) is 0 Å². The number of alkyl halides is 1. The molecule has 1 aromatic heterocycles. The van der Waals surface area contributed by atoms with E-state index in [4.69, 9.17) is 0 Å². The molecule has 0 atom stereocenters. The summed E-state index contributed by atoms with van der Waals surface area (Å²) >= 11 is 5.02. The molecule has 0 spiro atoms. The number of nitrogens with one attached hydrogen (secondary N) is 1. The van der Waals surface area contributed by atoms with Gasteiger partial charge >= 0.3 is 0 Å². The predicted octanol–water partition coefficient (Wildman–Crippen LogP) is 2.83. The van der Waals surface area contributed by atoms with E-state index in [-0.39, 0.29) is 5.91 Å². The molecule has 88 valence electrons. The van der Waals surface area contributed by atoms with E-state index in [0.717, 1.165) is 6.54 Å². The topological polar surface area (TPSA) is 42.0 Å². The average molecular weight is 303 g/mol. The van der Waals surface area contributed by atoms with Crippen LogP contribution in [0.3, 0.4) is 0 Å². The average Bonchev–Trinajstić information content (AvgIpc) is 2.81. The van der Waals surface area contributed by atoms with Gasteiger partial charge in [0.25, 0.3) is 5.91 Å². The molecule has 16 heavy (non-hydrogen) atoms. The van der Waals surface area contributed by atoms with Gasteiger partial charge in [0.1, 0.15) is 4.88 Å². The fourth-order valence-electron chi connectivity index (χ4n) is 1.98. The molecule has 0 radical (unpaired) electrons. The number of thiazole rings is 1. The van der Waals surface area contributed by atoms with Gasteiger partial charge in [-0.25, -0.2) is 0 Å². The van der Waals surface area contributed by atoms with E-state index in [9.17, 15) is 4.79 Å². The van der Waals surface area contributed by atoms with E-state index < -0.39 is 0 Å². The predicted molar refractivity (Wildman–Crippen MR) is 69.1 cm³/mol. The summed E-state index contributed by atoms with van der Waals surface area (Å²) in [6.07, 6.45) is 6.48. The number of carbonyl (C=O) groups is 1. The van der Waals surface area contributed by atoms with Crippen LogP contribution in [0.5, 0.6) is 0 Å². The van der Waals surface area contributed by atoms with Gasteiger partial charge < -0.3 is 5.32 Å². The van der Waals surface area contributed by atoms with Gasteiger partial charge in [-0.15, -0.1) is 11.3 Å². The summed E-state index contributed by atoms with van der Waals surface area (Å²) in [5.41, 5.74) is 1.69. The number of amides is 1. The number of carbonyl (C=O) groups excluding carboxylic acids is 1. The quantitative estimate of drug-likeness (QED) is 0.873. The lowest BCUT2D eigenvalue weighted by Crippen LogP contribution is -2.30. The van der Waals surface area contributed by atoms with Crippen LogP contribution in [0.1, 0.15) is 35.4 Å². The van der Waals surface area contributed by atoms with Crippen molar-refractivity contribution in [2.45, 2.75) is 30.5 Å². The van der Waals surface area contributed by atoms with E-state index in [1.165, 1.54) is 37.0 Å². The van der Waals surface area contributed by atoms with Crippen molar-refractivity contribution in [3.05, 3.63) is 16.6 Å². The maximum Gasteiger partial charge on any atom is 0.263 e. The van der Waals surface area contributed by atoms with E-state index in [0.29, 0.717) is 15.6 Å². The Hall–Kier alpha value is -0.420. The molecule has 1 N–H and O–H groups in total. The summed E-state index contributed by atoms with van der Waals surface area (Å²) in [5, 5.41) is 2.99. The van der Waals surface area contributed by atoms with Crippen LogP contribution in [0.15, 0.2) is 11.7 Å². The second-order valence-electron chi connectivity index (χ2n) is 4.19. The van der Waals surface area contributed by atoms with Crippen LogP contribution in [0.4, 0.5) is 0 Å². The van der Waals surface area contributed by atoms with E-state index in [1.807, 2.05) is 0 Å². The number of rotatable bonds is 3. The Morgan fingerprint density at radius 2 is 2.25 bits per heavy atom. The Morgan fingerprint density at radius 3 is 2.88 bits per heavy atom. The zero-order valence-corrected chi connectivity index (χ0v) is 11.4. The van der Waals surface area contributed by atoms with Crippen LogP contribution in [-0.4, -0.2) is 22.3 Å². The molecule has 2 rings (SSSR count). The number of aromatic nitrogens is 1. The summed E-state index contributed by atoms with van der Waals surface area (Å²) in [6.45, 7) is 0.802. The molecule has 0 unspecified atom stereocenters. The SMILES string of the molecule is O=C(NCC1CCC(Br)CC1)c1cncs1. The zero-order chi connectivity index (χ0) is 11.4. The summed E-state index contributed by atoms with van der Waals surface area (Å²) in [7, 11) is 0. The lowest BCUT2D eigenvalue weighted by atomic mass is 9.89. The lowest BCUT2D eigenvalue weighted by Gasteiger charge is -2.25. The number of nitrogens with zero attached hydrogens (tertiary/aromatic N) is 1. The van der Waals surface area contributed by atoms with Crippen LogP contribution in [0.2, 0.25) is 0 Å². The summed E-state index contributed by atoms with van der Waals surface area (Å²) in [6, 6.07) is 0. The van der Waals surface area contributed by atoms with Crippen molar-refractivity contribution in [3.63, 3.8) is 0 Å². The van der Waals surface area contributed by atoms with Crippen LogP contribution in [0.25, 0.3) is 0 Å². The minimum atomic E-state index is 0.0171. The second-order valence-corrected chi connectivity index (χ2v) is 6.38. The number of halogens is 1. The largest absolute Gasteiger partial charge is 0.351 e. The Balaban J connectivity index is 1.73. The third-order valence-corrected chi connectivity index (χ3v) is 4.67. The molecule has 0 aromatic carbocycles. The number of hydrogen-bond donors (Lipinski definition) is 1. The Bertz CT molecular complexity index is 334. The van der Waals surface area contributed by atoms with Crippen LogP contribution >= 0.6 is 27.3 Å². The van der Waals surface area contributed by atoms with E-state index in [1.54, 1.807) is 11.7 Å². The lowest BCUT2D eigenvalue weighted by molar-refractivity contribution is 0.0947. The minimum Gasteiger partial charge on any atom is -0.351 e. The van der Waals surface area contributed by atoms with E-state index in [2.05, 4.69) is 26.2 Å². The first-order valence-corrected chi connectivity index (χ1v) is 7.36. The molecule has 1 fully saturated rings. The molecule has 1 amide bonds. The van der Waals surface area contributed by atoms with Gasteiger partial charge in [-0.3, -0.25) is 9.78 Å². The van der Waals surface area contributed by atoms with Crippen molar-refractivity contribution in [2.75, 3.05) is 6.54 Å². The summed E-state index contributed by atoms with van der Waals surface area (Å²) in [4.78, 5) is 16.9. The molecular formula is C11H15BrN2OS. The van der Waals surface area contributed by atoms with Gasteiger partial charge in [0.2, 0.25) is 0 Å². The molecule has 1 heterocycles. The minimum absolute atomic E-state index is 0.0171. The molecule has 5 heteroatoms. The summed E-state index contributed by atoms with van der Waals surface area (Å²) in [5.74, 6) is 0.661.